The first-order chi connectivity index (χ1) is 14.7. The topological polar surface area (TPSA) is 71.3 Å². The van der Waals surface area contributed by atoms with Gasteiger partial charge in [0, 0.05) is 18.0 Å². The van der Waals surface area contributed by atoms with E-state index in [-0.39, 0.29) is 11.8 Å². The molecule has 1 saturated heterocycles. The molecule has 2 aliphatic rings. The Kier molecular flexibility index (Phi) is 6.95. The maximum absolute atomic E-state index is 12.5. The van der Waals surface area contributed by atoms with Crippen molar-refractivity contribution in [2.24, 2.45) is 5.92 Å². The number of aromatic nitrogens is 2. The van der Waals surface area contributed by atoms with E-state index in [9.17, 15) is 4.79 Å². The number of piperidine rings is 1. The number of hydrogen-bond donors (Lipinski definition) is 1. The maximum atomic E-state index is 12.5. The number of nitrogens with zero attached hydrogens (tertiary/aromatic N) is 3. The molecule has 0 radical (unpaired) electrons. The quantitative estimate of drug-likeness (QED) is 0.693. The average Bonchev–Trinajstić information content (AvgIpc) is 3.23. The molecule has 0 unspecified atom stereocenters. The number of benzene rings is 1. The molecule has 6 heteroatoms. The second-order valence-corrected chi connectivity index (χ2v) is 8.58. The maximum Gasteiger partial charge on any atom is 0.241 e. The number of rotatable bonds is 7. The van der Waals surface area contributed by atoms with Crippen molar-refractivity contribution in [2.75, 3.05) is 19.6 Å². The van der Waals surface area contributed by atoms with Crippen LogP contribution in [0, 0.1) is 12.8 Å². The van der Waals surface area contributed by atoms with Gasteiger partial charge in [-0.25, -0.2) is 0 Å². The summed E-state index contributed by atoms with van der Waals surface area (Å²) >= 11 is 0. The van der Waals surface area contributed by atoms with Crippen molar-refractivity contribution in [3.63, 3.8) is 0 Å². The lowest BCUT2D eigenvalue weighted by molar-refractivity contribution is -0.126. The Morgan fingerprint density at radius 3 is 2.90 bits per heavy atom. The summed E-state index contributed by atoms with van der Waals surface area (Å²) in [4.78, 5) is 19.3. The SMILES string of the molecule is Cc1cccc(-c2noc(CN3CCC(C(=O)NCCC4=CCCCC4)CC3)n2)c1. The molecule has 1 fully saturated rings. The Labute approximate surface area is 178 Å². The molecule has 0 bridgehead atoms. The highest BCUT2D eigenvalue weighted by Crippen LogP contribution is 2.22. The Bertz CT molecular complexity index is 881. The Morgan fingerprint density at radius 1 is 1.27 bits per heavy atom. The Morgan fingerprint density at radius 2 is 2.13 bits per heavy atom. The van der Waals surface area contributed by atoms with Gasteiger partial charge in [-0.1, -0.05) is 40.6 Å². The fraction of sp³-hybridized carbons (Fsp3) is 0.542. The number of allylic oxidation sites excluding steroid dienone is 1. The molecule has 1 aromatic carbocycles. The third kappa shape index (κ3) is 5.57. The Balaban J connectivity index is 1.20. The summed E-state index contributed by atoms with van der Waals surface area (Å²) in [6.07, 6.45) is 10.1. The van der Waals surface area contributed by atoms with Gasteiger partial charge in [-0.2, -0.15) is 4.98 Å². The zero-order valence-corrected chi connectivity index (χ0v) is 17.9. The molecular weight excluding hydrogens is 376 g/mol. The first-order valence-corrected chi connectivity index (χ1v) is 11.2. The summed E-state index contributed by atoms with van der Waals surface area (Å²) in [7, 11) is 0. The summed E-state index contributed by atoms with van der Waals surface area (Å²) in [5.74, 6) is 1.60. The van der Waals surface area contributed by atoms with Crippen LogP contribution in [0.4, 0.5) is 0 Å². The fourth-order valence-electron chi connectivity index (χ4n) is 4.39. The van der Waals surface area contributed by atoms with Gasteiger partial charge in [-0.15, -0.1) is 0 Å². The van der Waals surface area contributed by atoms with E-state index in [1.807, 2.05) is 12.1 Å². The monoisotopic (exact) mass is 408 g/mol. The Hall–Kier alpha value is -2.47. The van der Waals surface area contributed by atoms with Gasteiger partial charge >= 0.3 is 0 Å². The zero-order chi connectivity index (χ0) is 20.8. The first kappa shape index (κ1) is 20.8. The van der Waals surface area contributed by atoms with Crippen LogP contribution in [0.5, 0.6) is 0 Å². The molecule has 2 aromatic rings. The van der Waals surface area contributed by atoms with Gasteiger partial charge in [0.05, 0.1) is 6.54 Å². The molecule has 2 heterocycles. The smallest absolute Gasteiger partial charge is 0.241 e. The molecule has 0 saturated carbocycles. The summed E-state index contributed by atoms with van der Waals surface area (Å²) in [5, 5.41) is 7.28. The van der Waals surface area contributed by atoms with Crippen LogP contribution in [0.3, 0.4) is 0 Å². The van der Waals surface area contributed by atoms with Gasteiger partial charge in [0.15, 0.2) is 0 Å². The molecule has 0 atom stereocenters. The molecular formula is C24H32N4O2. The van der Waals surface area contributed by atoms with Gasteiger partial charge in [0.1, 0.15) is 0 Å². The highest BCUT2D eigenvalue weighted by Gasteiger charge is 2.26. The predicted molar refractivity (Wildman–Crippen MR) is 117 cm³/mol. The van der Waals surface area contributed by atoms with E-state index >= 15 is 0 Å². The number of hydrogen-bond acceptors (Lipinski definition) is 5. The molecule has 1 N–H and O–H groups in total. The molecule has 1 aliphatic carbocycles. The molecule has 1 aromatic heterocycles. The zero-order valence-electron chi connectivity index (χ0n) is 17.9. The summed E-state index contributed by atoms with van der Waals surface area (Å²) in [6.45, 7) is 5.23. The van der Waals surface area contributed by atoms with Crippen molar-refractivity contribution in [1.82, 2.24) is 20.4 Å². The lowest BCUT2D eigenvalue weighted by Crippen LogP contribution is -2.40. The van der Waals surface area contributed by atoms with E-state index in [4.69, 9.17) is 4.52 Å². The predicted octanol–water partition coefficient (Wildman–Crippen LogP) is 4.26. The third-order valence-corrected chi connectivity index (χ3v) is 6.19. The van der Waals surface area contributed by atoms with E-state index in [1.165, 1.54) is 36.8 Å². The molecule has 0 spiro atoms. The summed E-state index contributed by atoms with van der Waals surface area (Å²) in [6, 6.07) is 8.11. The van der Waals surface area contributed by atoms with Crippen LogP contribution in [0.2, 0.25) is 0 Å². The second-order valence-electron chi connectivity index (χ2n) is 8.58. The molecule has 6 nitrogen and oxygen atoms in total. The highest BCUT2D eigenvalue weighted by molar-refractivity contribution is 5.78. The van der Waals surface area contributed by atoms with Gasteiger partial charge in [0.25, 0.3) is 0 Å². The van der Waals surface area contributed by atoms with E-state index in [0.29, 0.717) is 18.3 Å². The minimum absolute atomic E-state index is 0.118. The van der Waals surface area contributed by atoms with Crippen molar-refractivity contribution < 1.29 is 9.32 Å². The highest BCUT2D eigenvalue weighted by atomic mass is 16.5. The van der Waals surface area contributed by atoms with Crippen LogP contribution in [0.25, 0.3) is 11.4 Å². The van der Waals surface area contributed by atoms with E-state index in [0.717, 1.165) is 44.5 Å². The van der Waals surface area contributed by atoms with Crippen molar-refractivity contribution in [3.8, 4) is 11.4 Å². The van der Waals surface area contributed by atoms with Crippen LogP contribution in [-0.4, -0.2) is 40.6 Å². The minimum Gasteiger partial charge on any atom is -0.356 e. The van der Waals surface area contributed by atoms with E-state index < -0.39 is 0 Å². The van der Waals surface area contributed by atoms with Crippen molar-refractivity contribution in [2.45, 2.75) is 58.4 Å². The standard InChI is InChI=1S/C24H32N4O2/c1-18-6-5-9-21(16-18)23-26-22(30-27-23)17-28-14-11-20(12-15-28)24(29)25-13-10-19-7-3-2-4-8-19/h5-7,9,16,20H,2-4,8,10-15,17H2,1H3,(H,25,29). The normalized spacial score (nSPS) is 18.2. The lowest BCUT2D eigenvalue weighted by atomic mass is 9.95. The van der Waals surface area contributed by atoms with Gasteiger partial charge in [-0.3, -0.25) is 9.69 Å². The molecule has 4 rings (SSSR count). The van der Waals surface area contributed by atoms with Gasteiger partial charge < -0.3 is 9.84 Å². The number of carbonyl (C=O) groups excluding carboxylic acids is 1. The van der Waals surface area contributed by atoms with Crippen LogP contribution in [0.1, 0.15) is 56.4 Å². The number of amides is 1. The largest absolute Gasteiger partial charge is 0.356 e. The second kappa shape index (κ2) is 10.0. The summed E-state index contributed by atoms with van der Waals surface area (Å²) in [5.41, 5.74) is 3.67. The number of carbonyl (C=O) groups is 1. The van der Waals surface area contributed by atoms with Crippen LogP contribution < -0.4 is 5.32 Å². The average molecular weight is 409 g/mol. The number of likely N-dealkylation sites (tertiary alicyclic amines) is 1. The van der Waals surface area contributed by atoms with Crippen LogP contribution >= 0.6 is 0 Å². The third-order valence-electron chi connectivity index (χ3n) is 6.19. The van der Waals surface area contributed by atoms with Crippen molar-refractivity contribution >= 4 is 5.91 Å². The van der Waals surface area contributed by atoms with Gasteiger partial charge in [-0.05, 0) is 71.0 Å². The molecule has 1 aliphatic heterocycles. The first-order valence-electron chi connectivity index (χ1n) is 11.2. The summed E-state index contributed by atoms with van der Waals surface area (Å²) < 4.78 is 5.46. The lowest BCUT2D eigenvalue weighted by Gasteiger charge is -2.30. The van der Waals surface area contributed by atoms with Crippen LogP contribution in [-0.2, 0) is 11.3 Å². The van der Waals surface area contributed by atoms with E-state index in [2.05, 4.69) is 45.5 Å². The number of nitrogens with one attached hydrogen (secondary N) is 1. The number of aryl methyl sites for hydroxylation is 1. The molecule has 30 heavy (non-hydrogen) atoms. The van der Waals surface area contributed by atoms with E-state index in [1.54, 1.807) is 0 Å². The van der Waals surface area contributed by atoms with Crippen molar-refractivity contribution in [3.05, 3.63) is 47.4 Å². The molecule has 160 valence electrons. The fourth-order valence-corrected chi connectivity index (χ4v) is 4.39. The van der Waals surface area contributed by atoms with Crippen molar-refractivity contribution in [1.29, 1.82) is 0 Å². The van der Waals surface area contributed by atoms with Gasteiger partial charge in [0.2, 0.25) is 17.6 Å². The van der Waals surface area contributed by atoms with Crippen LogP contribution in [0.15, 0.2) is 40.4 Å². The molecule has 1 amide bonds. The minimum atomic E-state index is 0.118.